The zero-order valence-electron chi connectivity index (χ0n) is 14.6. The summed E-state index contributed by atoms with van der Waals surface area (Å²) in [5.41, 5.74) is 2.59. The van der Waals surface area contributed by atoms with Crippen molar-refractivity contribution in [1.29, 1.82) is 0 Å². The van der Waals surface area contributed by atoms with Crippen molar-refractivity contribution in [1.82, 2.24) is 0 Å². The van der Waals surface area contributed by atoms with Gasteiger partial charge in [-0.15, -0.1) is 0 Å². The van der Waals surface area contributed by atoms with Crippen molar-refractivity contribution in [2.45, 2.75) is 47.5 Å². The Bertz CT molecular complexity index is 412. The molecule has 116 valence electrons. The van der Waals surface area contributed by atoms with E-state index in [2.05, 4.69) is 44.7 Å². The van der Waals surface area contributed by atoms with E-state index in [9.17, 15) is 0 Å². The van der Waals surface area contributed by atoms with Gasteiger partial charge in [-0.25, -0.2) is 0 Å². The molecule has 0 amide bonds. The normalized spacial score (nSPS) is 8.14. The van der Waals surface area contributed by atoms with Gasteiger partial charge in [0.05, 0.1) is 0 Å². The van der Waals surface area contributed by atoms with E-state index in [1.165, 1.54) is 11.1 Å². The molecule has 2 aromatic rings. The summed E-state index contributed by atoms with van der Waals surface area (Å²) in [4.78, 5) is 0. The van der Waals surface area contributed by atoms with Gasteiger partial charge in [-0.1, -0.05) is 115 Å². The largest absolute Gasteiger partial charge is 0.0985 e. The Kier molecular flexibility index (Phi) is 16.6. The maximum absolute atomic E-state index is 3.63. The number of hydrogen-bond donors (Lipinski definition) is 0. The fourth-order valence-corrected chi connectivity index (χ4v) is 1.43. The molecule has 2 rings (SSSR count). The summed E-state index contributed by atoms with van der Waals surface area (Å²) < 4.78 is 0. The average Bonchev–Trinajstić information content (AvgIpc) is 2.60. The van der Waals surface area contributed by atoms with E-state index >= 15 is 0 Å². The molecule has 0 heteroatoms. The van der Waals surface area contributed by atoms with Gasteiger partial charge in [-0.05, 0) is 17.0 Å². The Morgan fingerprint density at radius 2 is 1.10 bits per heavy atom. The standard InChI is InChI=1S/C9H12.C8H8.2C2H6/c1-8(2)9-6-4-3-5-7-9;1-2-8-6-4-3-5-7-8;2*1-2/h3-8H,1-2H3;2-7H,1H2;2*1-2H3. The maximum Gasteiger partial charge on any atom is -0.0219 e. The molecule has 0 atom stereocenters. The number of benzene rings is 2. The molecule has 0 N–H and O–H groups in total. The summed E-state index contributed by atoms with van der Waals surface area (Å²) in [6, 6.07) is 20.5. The first-order chi connectivity index (χ1) is 10.2. The first-order valence-electron chi connectivity index (χ1n) is 7.96. The molecule has 21 heavy (non-hydrogen) atoms. The van der Waals surface area contributed by atoms with Gasteiger partial charge in [0.15, 0.2) is 0 Å². The topological polar surface area (TPSA) is 0 Å². The van der Waals surface area contributed by atoms with Crippen LogP contribution in [0.2, 0.25) is 0 Å². The summed E-state index contributed by atoms with van der Waals surface area (Å²) in [7, 11) is 0. The molecule has 0 aliphatic rings. The maximum atomic E-state index is 3.63. The zero-order valence-corrected chi connectivity index (χ0v) is 14.6. The Labute approximate surface area is 132 Å². The minimum atomic E-state index is 0.659. The zero-order chi connectivity index (χ0) is 16.5. The fraction of sp³-hybridized carbons (Fsp3) is 0.333. The Hall–Kier alpha value is -1.82. The SMILES string of the molecule is C=Cc1ccccc1.CC.CC.CC(C)c1ccccc1. The van der Waals surface area contributed by atoms with Crippen LogP contribution in [0, 0.1) is 0 Å². The monoisotopic (exact) mass is 284 g/mol. The van der Waals surface area contributed by atoms with Crippen molar-refractivity contribution in [3.05, 3.63) is 78.4 Å². The predicted molar refractivity (Wildman–Crippen MR) is 99.8 cm³/mol. The molecule has 0 radical (unpaired) electrons. The molecule has 0 unspecified atom stereocenters. The van der Waals surface area contributed by atoms with Crippen LogP contribution in [-0.4, -0.2) is 0 Å². The van der Waals surface area contributed by atoms with Crippen LogP contribution in [0.3, 0.4) is 0 Å². The van der Waals surface area contributed by atoms with Crippen LogP contribution in [0.25, 0.3) is 6.08 Å². The molecular formula is C21H32. The second-order valence-corrected chi connectivity index (χ2v) is 4.18. The van der Waals surface area contributed by atoms with E-state index in [4.69, 9.17) is 0 Å². The summed E-state index contributed by atoms with van der Waals surface area (Å²) in [5.74, 6) is 0.659. The second-order valence-electron chi connectivity index (χ2n) is 4.18. The third-order valence-electron chi connectivity index (χ3n) is 2.50. The molecule has 0 saturated heterocycles. The van der Waals surface area contributed by atoms with E-state index in [0.717, 1.165) is 0 Å². The van der Waals surface area contributed by atoms with E-state index in [0.29, 0.717) is 5.92 Å². The highest BCUT2D eigenvalue weighted by atomic mass is 14.0. The summed E-state index contributed by atoms with van der Waals surface area (Å²) in [6.45, 7) is 16.0. The lowest BCUT2D eigenvalue weighted by Crippen LogP contribution is -1.83. The van der Waals surface area contributed by atoms with Gasteiger partial charge in [0, 0.05) is 0 Å². The van der Waals surface area contributed by atoms with Crippen LogP contribution in [0.4, 0.5) is 0 Å². The first kappa shape index (κ1) is 21.5. The smallest absolute Gasteiger partial charge is 0.0219 e. The van der Waals surface area contributed by atoms with Crippen molar-refractivity contribution < 1.29 is 0 Å². The molecule has 0 aliphatic heterocycles. The summed E-state index contributed by atoms with van der Waals surface area (Å²) in [6.07, 6.45) is 1.83. The summed E-state index contributed by atoms with van der Waals surface area (Å²) in [5, 5.41) is 0. The quantitative estimate of drug-likeness (QED) is 0.547. The van der Waals surface area contributed by atoms with E-state index < -0.39 is 0 Å². The predicted octanol–water partition coefficient (Wildman–Crippen LogP) is 7.19. The molecule has 0 fully saturated rings. The summed E-state index contributed by atoms with van der Waals surface area (Å²) >= 11 is 0. The highest BCUT2D eigenvalue weighted by molar-refractivity contribution is 5.45. The highest BCUT2D eigenvalue weighted by Gasteiger charge is 1.93. The number of rotatable bonds is 2. The lowest BCUT2D eigenvalue weighted by Gasteiger charge is -2.01. The lowest BCUT2D eigenvalue weighted by atomic mass is 10.0. The molecule has 0 heterocycles. The Morgan fingerprint density at radius 3 is 1.33 bits per heavy atom. The van der Waals surface area contributed by atoms with Crippen LogP contribution in [0.5, 0.6) is 0 Å². The van der Waals surface area contributed by atoms with Gasteiger partial charge < -0.3 is 0 Å². The van der Waals surface area contributed by atoms with Gasteiger partial charge in [0.25, 0.3) is 0 Å². The highest BCUT2D eigenvalue weighted by Crippen LogP contribution is 2.11. The van der Waals surface area contributed by atoms with Crippen LogP contribution >= 0.6 is 0 Å². The molecule has 0 aromatic heterocycles. The first-order valence-corrected chi connectivity index (χ1v) is 7.96. The lowest BCUT2D eigenvalue weighted by molar-refractivity contribution is 0.867. The van der Waals surface area contributed by atoms with Crippen LogP contribution < -0.4 is 0 Å². The minimum absolute atomic E-state index is 0.659. The number of hydrogen-bond acceptors (Lipinski definition) is 0. The molecule has 0 nitrogen and oxygen atoms in total. The Balaban J connectivity index is 0. The van der Waals surface area contributed by atoms with Gasteiger partial charge in [-0.2, -0.15) is 0 Å². The molecule has 2 aromatic carbocycles. The van der Waals surface area contributed by atoms with Crippen LogP contribution in [0.1, 0.15) is 58.6 Å². The van der Waals surface area contributed by atoms with Gasteiger partial charge in [0.2, 0.25) is 0 Å². The van der Waals surface area contributed by atoms with Crippen molar-refractivity contribution >= 4 is 6.08 Å². The van der Waals surface area contributed by atoms with E-state index in [1.54, 1.807) is 0 Å². The van der Waals surface area contributed by atoms with Crippen molar-refractivity contribution in [3.63, 3.8) is 0 Å². The Morgan fingerprint density at radius 1 is 0.714 bits per heavy atom. The van der Waals surface area contributed by atoms with Crippen molar-refractivity contribution in [2.24, 2.45) is 0 Å². The molecule has 0 saturated carbocycles. The third-order valence-corrected chi connectivity index (χ3v) is 2.50. The van der Waals surface area contributed by atoms with Crippen molar-refractivity contribution in [2.75, 3.05) is 0 Å². The van der Waals surface area contributed by atoms with Crippen LogP contribution in [0.15, 0.2) is 67.2 Å². The van der Waals surface area contributed by atoms with Gasteiger partial charge >= 0.3 is 0 Å². The molecule has 0 aliphatic carbocycles. The average molecular weight is 284 g/mol. The minimum Gasteiger partial charge on any atom is -0.0985 e. The van der Waals surface area contributed by atoms with Gasteiger partial charge in [-0.3, -0.25) is 0 Å². The molecule has 0 spiro atoms. The molecular weight excluding hydrogens is 252 g/mol. The van der Waals surface area contributed by atoms with Crippen molar-refractivity contribution in [3.8, 4) is 0 Å². The molecule has 0 bridgehead atoms. The third kappa shape index (κ3) is 11.7. The fourth-order valence-electron chi connectivity index (χ4n) is 1.43. The van der Waals surface area contributed by atoms with E-state index in [1.807, 2.05) is 70.2 Å². The second kappa shape index (κ2) is 16.2. The van der Waals surface area contributed by atoms with Crippen LogP contribution in [-0.2, 0) is 0 Å². The van der Waals surface area contributed by atoms with Gasteiger partial charge in [0.1, 0.15) is 0 Å². The van der Waals surface area contributed by atoms with E-state index in [-0.39, 0.29) is 0 Å².